The van der Waals surface area contributed by atoms with Gasteiger partial charge < -0.3 is 14.6 Å². The van der Waals surface area contributed by atoms with E-state index in [2.05, 4.69) is 4.98 Å². The number of esters is 1. The van der Waals surface area contributed by atoms with Crippen molar-refractivity contribution in [1.82, 2.24) is 9.88 Å². The van der Waals surface area contributed by atoms with Crippen LogP contribution in [0.4, 0.5) is 0 Å². The van der Waals surface area contributed by atoms with Crippen LogP contribution in [0.25, 0.3) is 0 Å². The van der Waals surface area contributed by atoms with Gasteiger partial charge in [0.1, 0.15) is 17.9 Å². The molecule has 112 valence electrons. The van der Waals surface area contributed by atoms with E-state index in [1.165, 1.54) is 12.3 Å². The molecule has 1 aliphatic heterocycles. The molecule has 2 rings (SSSR count). The number of likely N-dealkylation sites (tertiary alicyclic amines) is 1. The molecule has 1 aromatic heterocycles. The number of nitrogens with zero attached hydrogens (tertiary/aromatic N) is 2. The van der Waals surface area contributed by atoms with Crippen LogP contribution in [0.15, 0.2) is 12.3 Å². The number of rotatable bonds is 4. The fraction of sp³-hybridized carbons (Fsp3) is 0.533. The maximum Gasteiger partial charge on any atom is 0.339 e. The topological polar surface area (TPSA) is 86.2 Å². The molecular formula is C15H19N3O3. The minimum absolute atomic E-state index is 0.163. The van der Waals surface area contributed by atoms with Crippen LogP contribution in [-0.4, -0.2) is 41.0 Å². The van der Waals surface area contributed by atoms with Crippen molar-refractivity contribution in [3.63, 3.8) is 0 Å². The van der Waals surface area contributed by atoms with Gasteiger partial charge in [-0.2, -0.15) is 5.26 Å². The molecule has 0 aliphatic carbocycles. The molecule has 0 unspecified atom stereocenters. The first-order chi connectivity index (χ1) is 10.1. The largest absolute Gasteiger partial charge is 0.459 e. The zero-order valence-electron chi connectivity index (χ0n) is 12.1. The molecule has 0 bridgehead atoms. The Balaban J connectivity index is 1.82. The Hall–Kier alpha value is -2.29. The lowest BCUT2D eigenvalue weighted by Gasteiger charge is -2.31. The van der Waals surface area contributed by atoms with Crippen molar-refractivity contribution < 1.29 is 14.3 Å². The molecule has 1 aromatic rings. The molecule has 6 nitrogen and oxygen atoms in total. The van der Waals surface area contributed by atoms with Crippen molar-refractivity contribution in [1.29, 1.82) is 5.26 Å². The minimum Gasteiger partial charge on any atom is -0.459 e. The number of hydrogen-bond acceptors (Lipinski definition) is 4. The van der Waals surface area contributed by atoms with Crippen LogP contribution < -0.4 is 0 Å². The first-order valence-corrected chi connectivity index (χ1v) is 7.21. The molecule has 0 aromatic carbocycles. The van der Waals surface area contributed by atoms with Crippen molar-refractivity contribution >= 4 is 11.9 Å². The summed E-state index contributed by atoms with van der Waals surface area (Å²) in [6.45, 7) is 3.25. The zero-order chi connectivity index (χ0) is 15.2. The predicted molar refractivity (Wildman–Crippen MR) is 75.4 cm³/mol. The van der Waals surface area contributed by atoms with Gasteiger partial charge in [-0.1, -0.05) is 6.92 Å². The summed E-state index contributed by atoms with van der Waals surface area (Å²) >= 11 is 0. The third-order valence-electron chi connectivity index (χ3n) is 3.57. The van der Waals surface area contributed by atoms with Crippen molar-refractivity contribution in [2.45, 2.75) is 38.7 Å². The molecule has 1 amide bonds. The van der Waals surface area contributed by atoms with Gasteiger partial charge in [-0.05, 0) is 12.5 Å². The number of aromatic nitrogens is 1. The van der Waals surface area contributed by atoms with Crippen LogP contribution in [0.2, 0.25) is 0 Å². The van der Waals surface area contributed by atoms with Crippen LogP contribution in [-0.2, 0) is 9.53 Å². The van der Waals surface area contributed by atoms with Gasteiger partial charge in [0, 0.05) is 38.5 Å². The fourth-order valence-electron chi connectivity index (χ4n) is 2.39. The van der Waals surface area contributed by atoms with Crippen LogP contribution in [0, 0.1) is 11.3 Å². The number of nitriles is 1. The highest BCUT2D eigenvalue weighted by molar-refractivity contribution is 5.89. The predicted octanol–water partition coefficient (Wildman–Crippen LogP) is 1.83. The Kier molecular flexibility index (Phi) is 4.99. The Bertz CT molecular complexity index is 551. The van der Waals surface area contributed by atoms with Crippen molar-refractivity contribution in [3.05, 3.63) is 23.5 Å². The van der Waals surface area contributed by atoms with Crippen LogP contribution >= 0.6 is 0 Å². The molecular weight excluding hydrogens is 270 g/mol. The van der Waals surface area contributed by atoms with Gasteiger partial charge in [-0.15, -0.1) is 0 Å². The molecule has 2 heterocycles. The Morgan fingerprint density at radius 3 is 2.76 bits per heavy atom. The van der Waals surface area contributed by atoms with E-state index in [4.69, 9.17) is 10.00 Å². The monoisotopic (exact) mass is 289 g/mol. The minimum atomic E-state index is -0.425. The van der Waals surface area contributed by atoms with E-state index >= 15 is 0 Å². The SMILES string of the molecule is CCCC(=O)N1CCC(OC(=O)c2c[nH]c(C#N)c2)CC1. The highest BCUT2D eigenvalue weighted by Gasteiger charge is 2.25. The van der Waals surface area contributed by atoms with Crippen molar-refractivity contribution in [2.24, 2.45) is 0 Å². The van der Waals surface area contributed by atoms with Crippen LogP contribution in [0.5, 0.6) is 0 Å². The molecule has 1 aliphatic rings. The highest BCUT2D eigenvalue weighted by Crippen LogP contribution is 2.17. The lowest BCUT2D eigenvalue weighted by molar-refractivity contribution is -0.133. The lowest BCUT2D eigenvalue weighted by Crippen LogP contribution is -2.41. The van der Waals surface area contributed by atoms with E-state index in [-0.39, 0.29) is 12.0 Å². The van der Waals surface area contributed by atoms with Gasteiger partial charge in [0.15, 0.2) is 0 Å². The van der Waals surface area contributed by atoms with E-state index in [0.717, 1.165) is 6.42 Å². The second kappa shape index (κ2) is 6.93. The van der Waals surface area contributed by atoms with Gasteiger partial charge in [-0.3, -0.25) is 4.79 Å². The molecule has 1 fully saturated rings. The number of carbonyl (C=O) groups excluding carboxylic acids is 2. The number of nitrogens with one attached hydrogen (secondary N) is 1. The summed E-state index contributed by atoms with van der Waals surface area (Å²) in [6, 6.07) is 3.40. The second-order valence-electron chi connectivity index (χ2n) is 5.15. The lowest BCUT2D eigenvalue weighted by atomic mass is 10.1. The highest BCUT2D eigenvalue weighted by atomic mass is 16.5. The molecule has 21 heavy (non-hydrogen) atoms. The van der Waals surface area contributed by atoms with E-state index in [0.29, 0.717) is 43.6 Å². The number of hydrogen-bond donors (Lipinski definition) is 1. The average Bonchev–Trinajstić information content (AvgIpc) is 2.97. The van der Waals surface area contributed by atoms with Gasteiger partial charge in [0.05, 0.1) is 5.56 Å². The molecule has 1 N–H and O–H groups in total. The molecule has 6 heteroatoms. The number of ether oxygens (including phenoxy) is 1. The smallest absolute Gasteiger partial charge is 0.339 e. The van der Waals surface area contributed by atoms with Crippen molar-refractivity contribution in [2.75, 3.05) is 13.1 Å². The van der Waals surface area contributed by atoms with Gasteiger partial charge in [0.2, 0.25) is 5.91 Å². The first-order valence-electron chi connectivity index (χ1n) is 7.21. The number of carbonyl (C=O) groups is 2. The maximum absolute atomic E-state index is 11.9. The van der Waals surface area contributed by atoms with E-state index < -0.39 is 5.97 Å². The number of piperidine rings is 1. The average molecular weight is 289 g/mol. The van der Waals surface area contributed by atoms with E-state index in [1.54, 1.807) is 0 Å². The third kappa shape index (κ3) is 3.85. The van der Waals surface area contributed by atoms with Crippen LogP contribution in [0.3, 0.4) is 0 Å². The molecule has 0 saturated carbocycles. The van der Waals surface area contributed by atoms with E-state index in [9.17, 15) is 9.59 Å². The summed E-state index contributed by atoms with van der Waals surface area (Å²) in [5, 5.41) is 8.71. The fourth-order valence-corrected chi connectivity index (χ4v) is 2.39. The normalized spacial score (nSPS) is 15.5. The summed E-state index contributed by atoms with van der Waals surface area (Å²) in [6.07, 6.45) is 4.06. The quantitative estimate of drug-likeness (QED) is 0.857. The summed E-state index contributed by atoms with van der Waals surface area (Å²) in [5.74, 6) is -0.252. The summed E-state index contributed by atoms with van der Waals surface area (Å²) in [5.41, 5.74) is 0.693. The van der Waals surface area contributed by atoms with E-state index in [1.807, 2.05) is 17.9 Å². The third-order valence-corrected chi connectivity index (χ3v) is 3.57. The summed E-state index contributed by atoms with van der Waals surface area (Å²) in [4.78, 5) is 28.2. The Morgan fingerprint density at radius 2 is 2.19 bits per heavy atom. The number of H-pyrrole nitrogens is 1. The Morgan fingerprint density at radius 1 is 1.48 bits per heavy atom. The second-order valence-corrected chi connectivity index (χ2v) is 5.15. The summed E-state index contributed by atoms with van der Waals surface area (Å²) < 4.78 is 5.42. The number of aromatic amines is 1. The molecule has 0 spiro atoms. The Labute approximate surface area is 123 Å². The maximum atomic E-state index is 11.9. The zero-order valence-corrected chi connectivity index (χ0v) is 12.1. The van der Waals surface area contributed by atoms with Crippen molar-refractivity contribution in [3.8, 4) is 6.07 Å². The van der Waals surface area contributed by atoms with Gasteiger partial charge in [-0.25, -0.2) is 4.79 Å². The van der Waals surface area contributed by atoms with Gasteiger partial charge >= 0.3 is 5.97 Å². The van der Waals surface area contributed by atoms with Crippen LogP contribution in [0.1, 0.15) is 48.7 Å². The standard InChI is InChI=1S/C15H19N3O3/c1-2-3-14(19)18-6-4-13(5-7-18)21-15(20)11-8-12(9-16)17-10-11/h8,10,13,17H,2-7H2,1H3. The number of amides is 1. The summed E-state index contributed by atoms with van der Waals surface area (Å²) in [7, 11) is 0. The molecule has 0 radical (unpaired) electrons. The molecule has 1 saturated heterocycles. The molecule has 0 atom stereocenters. The van der Waals surface area contributed by atoms with Gasteiger partial charge in [0.25, 0.3) is 0 Å². The first kappa shape index (κ1) is 15.1.